The van der Waals surface area contributed by atoms with Crippen LogP contribution in [0.4, 0.5) is 0 Å². The molecule has 0 spiro atoms. The molecule has 1 aromatic carbocycles. The number of hydrogen-bond acceptors (Lipinski definition) is 6. The van der Waals surface area contributed by atoms with Gasteiger partial charge in [-0.15, -0.1) is 0 Å². The minimum atomic E-state index is -2.23. The van der Waals surface area contributed by atoms with Gasteiger partial charge in [0.2, 0.25) is 5.54 Å². The van der Waals surface area contributed by atoms with Gasteiger partial charge in [0.1, 0.15) is 12.6 Å². The van der Waals surface area contributed by atoms with E-state index >= 15 is 0 Å². The maximum Gasteiger partial charge on any atom is 0.338 e. The van der Waals surface area contributed by atoms with Crippen LogP contribution in [0.3, 0.4) is 0 Å². The van der Waals surface area contributed by atoms with Crippen molar-refractivity contribution >= 4 is 17.9 Å². The lowest BCUT2D eigenvalue weighted by molar-refractivity contribution is -0.162. The van der Waals surface area contributed by atoms with E-state index in [2.05, 4.69) is 0 Å². The fourth-order valence-corrected chi connectivity index (χ4v) is 1.87. The number of benzene rings is 1. The SMILES string of the molecule is N[C@@H](CCC[C@@](N)(C(=O)O)C(=O)OCc1ccccc1)C(=O)O. The highest BCUT2D eigenvalue weighted by Gasteiger charge is 2.43. The van der Waals surface area contributed by atoms with E-state index in [-0.39, 0.29) is 25.9 Å². The molecule has 0 saturated heterocycles. The van der Waals surface area contributed by atoms with Gasteiger partial charge in [-0.05, 0) is 24.8 Å². The fraction of sp³-hybridized carbons (Fsp3) is 0.400. The van der Waals surface area contributed by atoms with Crippen LogP contribution in [-0.2, 0) is 25.7 Å². The molecular weight excluding hydrogens is 304 g/mol. The van der Waals surface area contributed by atoms with Crippen LogP contribution in [0.5, 0.6) is 0 Å². The number of carbonyl (C=O) groups is 3. The second kappa shape index (κ2) is 8.25. The molecule has 0 radical (unpaired) electrons. The van der Waals surface area contributed by atoms with Crippen molar-refractivity contribution in [3.8, 4) is 0 Å². The summed E-state index contributed by atoms with van der Waals surface area (Å²) in [6, 6.07) is 7.61. The molecule has 0 unspecified atom stereocenters. The summed E-state index contributed by atoms with van der Waals surface area (Å²) >= 11 is 0. The Kier molecular flexibility index (Phi) is 6.67. The molecular formula is C15H20N2O6. The van der Waals surface area contributed by atoms with E-state index in [1.54, 1.807) is 30.3 Å². The van der Waals surface area contributed by atoms with Gasteiger partial charge in [0.25, 0.3) is 0 Å². The van der Waals surface area contributed by atoms with E-state index in [0.717, 1.165) is 0 Å². The van der Waals surface area contributed by atoms with Crippen molar-refractivity contribution in [1.29, 1.82) is 0 Å². The van der Waals surface area contributed by atoms with Gasteiger partial charge in [-0.25, -0.2) is 9.59 Å². The summed E-state index contributed by atoms with van der Waals surface area (Å²) in [7, 11) is 0. The van der Waals surface area contributed by atoms with E-state index in [1.807, 2.05) is 0 Å². The maximum absolute atomic E-state index is 12.0. The second-order valence-electron chi connectivity index (χ2n) is 5.18. The molecule has 8 nitrogen and oxygen atoms in total. The van der Waals surface area contributed by atoms with Gasteiger partial charge in [0.15, 0.2) is 0 Å². The Morgan fingerprint density at radius 2 is 1.78 bits per heavy atom. The third-order valence-corrected chi connectivity index (χ3v) is 3.36. The monoisotopic (exact) mass is 324 g/mol. The van der Waals surface area contributed by atoms with E-state index in [4.69, 9.17) is 21.3 Å². The number of nitrogens with two attached hydrogens (primary N) is 2. The van der Waals surface area contributed by atoms with Crippen molar-refractivity contribution in [1.82, 2.24) is 0 Å². The summed E-state index contributed by atoms with van der Waals surface area (Å²) in [5.74, 6) is -3.80. The van der Waals surface area contributed by atoms with Crippen molar-refractivity contribution in [3.05, 3.63) is 35.9 Å². The van der Waals surface area contributed by atoms with Crippen LogP contribution in [0.15, 0.2) is 30.3 Å². The van der Waals surface area contributed by atoms with Gasteiger partial charge < -0.3 is 26.4 Å². The smallest absolute Gasteiger partial charge is 0.338 e. The number of ether oxygens (including phenoxy) is 1. The van der Waals surface area contributed by atoms with Gasteiger partial charge in [0.05, 0.1) is 0 Å². The van der Waals surface area contributed by atoms with Crippen LogP contribution >= 0.6 is 0 Å². The Hall–Kier alpha value is -2.45. The Labute approximate surface area is 133 Å². The summed E-state index contributed by atoms with van der Waals surface area (Å²) in [4.78, 5) is 33.9. The molecule has 0 heterocycles. The van der Waals surface area contributed by atoms with E-state index in [9.17, 15) is 19.5 Å². The highest BCUT2D eigenvalue weighted by atomic mass is 16.5. The third-order valence-electron chi connectivity index (χ3n) is 3.36. The molecule has 1 rings (SSSR count). The highest BCUT2D eigenvalue weighted by molar-refractivity contribution is 6.03. The number of aliphatic carboxylic acids is 2. The zero-order chi connectivity index (χ0) is 17.5. The summed E-state index contributed by atoms with van der Waals surface area (Å²) in [6.45, 7) is -0.0967. The molecule has 0 aliphatic carbocycles. The van der Waals surface area contributed by atoms with Crippen LogP contribution < -0.4 is 11.5 Å². The minimum Gasteiger partial charge on any atom is -0.480 e. The standard InChI is InChI=1S/C15H20N2O6/c16-11(12(18)19)7-4-8-15(17,13(20)21)14(22)23-9-10-5-2-1-3-6-10/h1-3,5-6,11H,4,7-9,16-17H2,(H,18,19)(H,20,21)/t11-,15+/m0/s1. The van der Waals surface area contributed by atoms with Crippen molar-refractivity contribution < 1.29 is 29.3 Å². The summed E-state index contributed by atoms with van der Waals surface area (Å²) in [5, 5.41) is 17.9. The lowest BCUT2D eigenvalue weighted by Gasteiger charge is -2.23. The summed E-state index contributed by atoms with van der Waals surface area (Å²) < 4.78 is 4.97. The number of carboxylic acids is 2. The number of carbonyl (C=O) groups excluding carboxylic acids is 1. The second-order valence-corrected chi connectivity index (χ2v) is 5.18. The van der Waals surface area contributed by atoms with Gasteiger partial charge in [-0.3, -0.25) is 4.79 Å². The van der Waals surface area contributed by atoms with Gasteiger partial charge in [-0.2, -0.15) is 0 Å². The molecule has 0 amide bonds. The Balaban J connectivity index is 2.62. The normalized spacial score (nSPS) is 14.5. The maximum atomic E-state index is 12.0. The number of rotatable bonds is 9. The topological polar surface area (TPSA) is 153 Å². The molecule has 0 fully saturated rings. The quantitative estimate of drug-likeness (QED) is 0.368. The average molecular weight is 324 g/mol. The fourth-order valence-electron chi connectivity index (χ4n) is 1.87. The van der Waals surface area contributed by atoms with E-state index in [1.165, 1.54) is 0 Å². The van der Waals surface area contributed by atoms with Crippen LogP contribution in [0, 0.1) is 0 Å². The molecule has 0 saturated carbocycles. The zero-order valence-corrected chi connectivity index (χ0v) is 12.5. The third kappa shape index (κ3) is 5.35. The predicted molar refractivity (Wildman–Crippen MR) is 80.3 cm³/mol. The molecule has 0 aliphatic heterocycles. The number of esters is 1. The Bertz CT molecular complexity index is 562. The molecule has 6 N–H and O–H groups in total. The van der Waals surface area contributed by atoms with Crippen LogP contribution in [0.2, 0.25) is 0 Å². The van der Waals surface area contributed by atoms with Crippen molar-refractivity contribution in [2.24, 2.45) is 11.5 Å². The van der Waals surface area contributed by atoms with Crippen LogP contribution in [0.1, 0.15) is 24.8 Å². The minimum absolute atomic E-state index is 0.00747. The first-order valence-electron chi connectivity index (χ1n) is 6.99. The van der Waals surface area contributed by atoms with Crippen LogP contribution in [0.25, 0.3) is 0 Å². The average Bonchev–Trinajstić information content (AvgIpc) is 2.52. The van der Waals surface area contributed by atoms with Gasteiger partial charge >= 0.3 is 17.9 Å². The van der Waals surface area contributed by atoms with Crippen molar-refractivity contribution in [3.63, 3.8) is 0 Å². The van der Waals surface area contributed by atoms with Crippen molar-refractivity contribution in [2.45, 2.75) is 37.5 Å². The molecule has 126 valence electrons. The summed E-state index contributed by atoms with van der Waals surface area (Å²) in [6.07, 6.45) is -0.193. The number of hydrogen-bond donors (Lipinski definition) is 4. The largest absolute Gasteiger partial charge is 0.480 e. The Morgan fingerprint density at radius 3 is 2.30 bits per heavy atom. The molecule has 8 heteroatoms. The van der Waals surface area contributed by atoms with Crippen LogP contribution in [-0.4, -0.2) is 39.7 Å². The molecule has 0 aromatic heterocycles. The first-order chi connectivity index (χ1) is 10.8. The molecule has 1 aromatic rings. The number of carboxylic acid groups (broad SMARTS) is 2. The molecule has 2 atom stereocenters. The van der Waals surface area contributed by atoms with Gasteiger partial charge in [0, 0.05) is 0 Å². The predicted octanol–water partition coefficient (Wildman–Crippen LogP) is 0.0941. The lowest BCUT2D eigenvalue weighted by Crippen LogP contribution is -2.55. The van der Waals surface area contributed by atoms with Crippen molar-refractivity contribution in [2.75, 3.05) is 0 Å². The van der Waals surface area contributed by atoms with Gasteiger partial charge in [-0.1, -0.05) is 30.3 Å². The molecule has 23 heavy (non-hydrogen) atoms. The highest BCUT2D eigenvalue weighted by Crippen LogP contribution is 2.16. The van der Waals surface area contributed by atoms with E-state index < -0.39 is 29.5 Å². The molecule has 0 aliphatic rings. The first-order valence-corrected chi connectivity index (χ1v) is 6.99. The zero-order valence-electron chi connectivity index (χ0n) is 12.5. The molecule has 0 bridgehead atoms. The lowest BCUT2D eigenvalue weighted by atomic mass is 9.92. The summed E-state index contributed by atoms with van der Waals surface area (Å²) in [5.41, 5.74) is 9.44. The first kappa shape index (κ1) is 18.6. The van der Waals surface area contributed by atoms with E-state index in [0.29, 0.717) is 5.56 Å². The Morgan fingerprint density at radius 1 is 1.17 bits per heavy atom.